The van der Waals surface area contributed by atoms with Crippen LogP contribution in [-0.4, -0.2) is 4.34 Å². The molecule has 1 heterocycles. The summed E-state index contributed by atoms with van der Waals surface area (Å²) in [6.07, 6.45) is 2.04. The van der Waals surface area contributed by atoms with E-state index in [0.29, 0.717) is 0 Å². The quantitative estimate of drug-likeness (QED) is 0.506. The van der Waals surface area contributed by atoms with Gasteiger partial charge in [0.2, 0.25) is 0 Å². The lowest BCUT2D eigenvalue weighted by molar-refractivity contribution is 1.36. The van der Waals surface area contributed by atoms with E-state index in [1.54, 1.807) is 0 Å². The van der Waals surface area contributed by atoms with Gasteiger partial charge in [0, 0.05) is 6.20 Å². The van der Waals surface area contributed by atoms with E-state index in [2.05, 4.69) is 27.6 Å². The van der Waals surface area contributed by atoms with Crippen LogP contribution in [0.25, 0.3) is 10.9 Å². The SMILES string of the molecule is Pn1ccc2ccccc21. The number of hydrogen-bond acceptors (Lipinski definition) is 0. The number of para-hydroxylation sites is 1. The molecule has 0 aliphatic carbocycles. The van der Waals surface area contributed by atoms with E-state index >= 15 is 0 Å². The molecular weight excluding hydrogens is 141 g/mol. The lowest BCUT2D eigenvalue weighted by Crippen LogP contribution is -1.71. The summed E-state index contributed by atoms with van der Waals surface area (Å²) < 4.78 is 2.04. The number of hydrogen-bond donors (Lipinski definition) is 0. The van der Waals surface area contributed by atoms with Crippen LogP contribution in [0.3, 0.4) is 0 Å². The van der Waals surface area contributed by atoms with Gasteiger partial charge >= 0.3 is 0 Å². The average Bonchev–Trinajstić information content (AvgIpc) is 2.34. The van der Waals surface area contributed by atoms with Crippen molar-refractivity contribution in [3.8, 4) is 0 Å². The first-order valence-corrected chi connectivity index (χ1v) is 3.71. The highest BCUT2D eigenvalue weighted by Crippen LogP contribution is 2.16. The lowest BCUT2D eigenvalue weighted by atomic mass is 10.3. The summed E-state index contributed by atoms with van der Waals surface area (Å²) in [6, 6.07) is 10.4. The Morgan fingerprint density at radius 1 is 1.10 bits per heavy atom. The molecule has 0 aliphatic heterocycles. The molecule has 0 N–H and O–H groups in total. The zero-order valence-electron chi connectivity index (χ0n) is 5.49. The van der Waals surface area contributed by atoms with Gasteiger partial charge in [-0.05, 0) is 26.9 Å². The van der Waals surface area contributed by atoms with Gasteiger partial charge in [-0.3, -0.25) is 0 Å². The van der Waals surface area contributed by atoms with Crippen LogP contribution in [-0.2, 0) is 0 Å². The van der Waals surface area contributed by atoms with Crippen molar-refractivity contribution in [3.05, 3.63) is 36.5 Å². The Morgan fingerprint density at radius 2 is 1.90 bits per heavy atom. The lowest BCUT2D eigenvalue weighted by Gasteiger charge is -1.92. The van der Waals surface area contributed by atoms with Crippen LogP contribution in [0.2, 0.25) is 0 Å². The van der Waals surface area contributed by atoms with Crippen LogP contribution < -0.4 is 0 Å². The fourth-order valence-corrected chi connectivity index (χ4v) is 1.43. The number of rotatable bonds is 0. The summed E-state index contributed by atoms with van der Waals surface area (Å²) in [5.41, 5.74) is 1.26. The Bertz CT molecular complexity index is 351. The van der Waals surface area contributed by atoms with Gasteiger partial charge in [0.1, 0.15) is 0 Å². The predicted octanol–water partition coefficient (Wildman–Crippen LogP) is 2.28. The largest absolute Gasteiger partial charge is 0.332 e. The van der Waals surface area contributed by atoms with Gasteiger partial charge in [0.25, 0.3) is 0 Å². The van der Waals surface area contributed by atoms with Crippen LogP contribution in [0, 0.1) is 0 Å². The Labute approximate surface area is 61.9 Å². The maximum atomic E-state index is 2.65. The van der Waals surface area contributed by atoms with Gasteiger partial charge in [-0.25, -0.2) is 0 Å². The molecule has 0 aliphatic rings. The van der Waals surface area contributed by atoms with Crippen molar-refractivity contribution in [2.24, 2.45) is 0 Å². The zero-order valence-corrected chi connectivity index (χ0v) is 6.64. The van der Waals surface area contributed by atoms with Crippen molar-refractivity contribution in [1.82, 2.24) is 4.34 Å². The molecule has 2 rings (SSSR count). The van der Waals surface area contributed by atoms with E-state index in [1.165, 1.54) is 10.9 Å². The smallest absolute Gasteiger partial charge is 0.0509 e. The van der Waals surface area contributed by atoms with E-state index in [1.807, 2.05) is 22.7 Å². The number of fused-ring (bicyclic) bond motifs is 1. The molecule has 1 aromatic carbocycles. The third kappa shape index (κ3) is 0.748. The van der Waals surface area contributed by atoms with Gasteiger partial charge < -0.3 is 4.34 Å². The van der Waals surface area contributed by atoms with E-state index < -0.39 is 0 Å². The molecule has 0 amide bonds. The van der Waals surface area contributed by atoms with Crippen LogP contribution in [0.15, 0.2) is 36.5 Å². The molecule has 0 saturated heterocycles. The van der Waals surface area contributed by atoms with Crippen LogP contribution in [0.4, 0.5) is 0 Å². The molecule has 1 nitrogen and oxygen atoms in total. The van der Waals surface area contributed by atoms with Crippen LogP contribution >= 0.6 is 9.39 Å². The highest BCUT2D eigenvalue weighted by Gasteiger charge is 1.92. The van der Waals surface area contributed by atoms with E-state index in [0.717, 1.165) is 0 Å². The second kappa shape index (κ2) is 2.10. The highest BCUT2D eigenvalue weighted by molar-refractivity contribution is 7.14. The van der Waals surface area contributed by atoms with Gasteiger partial charge in [0.15, 0.2) is 0 Å². The molecule has 50 valence electrons. The summed E-state index contributed by atoms with van der Waals surface area (Å²) in [7, 11) is 2.65. The van der Waals surface area contributed by atoms with Gasteiger partial charge in [-0.2, -0.15) is 0 Å². The first kappa shape index (κ1) is 5.94. The molecule has 0 fully saturated rings. The maximum absolute atomic E-state index is 2.65. The second-order valence-electron chi connectivity index (χ2n) is 2.28. The van der Waals surface area contributed by atoms with E-state index in [9.17, 15) is 0 Å². The number of nitrogens with zero attached hydrogens (tertiary/aromatic N) is 1. The molecule has 2 heteroatoms. The maximum Gasteiger partial charge on any atom is 0.0509 e. The number of aromatic nitrogens is 1. The van der Waals surface area contributed by atoms with Crippen molar-refractivity contribution in [2.45, 2.75) is 0 Å². The highest BCUT2D eigenvalue weighted by atomic mass is 31.0. The summed E-state index contributed by atoms with van der Waals surface area (Å²) in [6.45, 7) is 0. The van der Waals surface area contributed by atoms with Crippen molar-refractivity contribution in [2.75, 3.05) is 0 Å². The molecule has 10 heavy (non-hydrogen) atoms. The standard InChI is InChI=1S/C8H8NP/c10-9-6-5-7-3-1-2-4-8(7)9/h1-6H,10H2. The van der Waals surface area contributed by atoms with Gasteiger partial charge in [-0.15, -0.1) is 0 Å². The molecule has 0 saturated carbocycles. The molecule has 0 bridgehead atoms. The second-order valence-corrected chi connectivity index (χ2v) is 2.84. The Kier molecular flexibility index (Phi) is 1.25. The first-order chi connectivity index (χ1) is 4.88. The zero-order chi connectivity index (χ0) is 6.97. The van der Waals surface area contributed by atoms with Gasteiger partial charge in [-0.1, -0.05) is 18.2 Å². The average molecular weight is 149 g/mol. The summed E-state index contributed by atoms with van der Waals surface area (Å²) in [5, 5.41) is 1.29. The van der Waals surface area contributed by atoms with Crippen LogP contribution in [0.5, 0.6) is 0 Å². The van der Waals surface area contributed by atoms with Crippen LogP contribution in [0.1, 0.15) is 0 Å². The third-order valence-corrected chi connectivity index (χ3v) is 2.08. The molecule has 1 atom stereocenters. The van der Waals surface area contributed by atoms with Crippen molar-refractivity contribution < 1.29 is 0 Å². The fourth-order valence-electron chi connectivity index (χ4n) is 1.10. The van der Waals surface area contributed by atoms with E-state index in [-0.39, 0.29) is 0 Å². The predicted molar refractivity (Wildman–Crippen MR) is 47.0 cm³/mol. The molecule has 1 aromatic heterocycles. The Morgan fingerprint density at radius 3 is 2.70 bits per heavy atom. The Hall–Kier alpha value is -0.810. The molecule has 2 aromatic rings. The molecular formula is C8H8NP. The van der Waals surface area contributed by atoms with Crippen molar-refractivity contribution >= 4 is 20.3 Å². The summed E-state index contributed by atoms with van der Waals surface area (Å²) >= 11 is 0. The van der Waals surface area contributed by atoms with Crippen molar-refractivity contribution in [1.29, 1.82) is 0 Å². The molecule has 0 radical (unpaired) electrons. The third-order valence-electron chi connectivity index (χ3n) is 1.63. The Balaban J connectivity index is 2.93. The summed E-state index contributed by atoms with van der Waals surface area (Å²) in [4.78, 5) is 0. The minimum atomic E-state index is 1.26. The minimum Gasteiger partial charge on any atom is -0.332 e. The van der Waals surface area contributed by atoms with Crippen molar-refractivity contribution in [3.63, 3.8) is 0 Å². The summed E-state index contributed by atoms with van der Waals surface area (Å²) in [5.74, 6) is 0. The topological polar surface area (TPSA) is 4.93 Å². The van der Waals surface area contributed by atoms with Gasteiger partial charge in [0.05, 0.1) is 5.52 Å². The molecule has 1 unspecified atom stereocenters. The number of benzene rings is 1. The monoisotopic (exact) mass is 149 g/mol. The minimum absolute atomic E-state index is 1.26. The van der Waals surface area contributed by atoms with E-state index in [4.69, 9.17) is 0 Å². The fraction of sp³-hybridized carbons (Fsp3) is 0. The normalized spacial score (nSPS) is 10.5. The molecule has 0 spiro atoms. The first-order valence-electron chi connectivity index (χ1n) is 3.19.